The number of anilines is 1. The first-order valence-corrected chi connectivity index (χ1v) is 7.37. The summed E-state index contributed by atoms with van der Waals surface area (Å²) in [6.07, 6.45) is 2.02. The second-order valence-electron chi connectivity index (χ2n) is 5.26. The van der Waals surface area contributed by atoms with E-state index in [1.807, 2.05) is 25.1 Å². The minimum Gasteiger partial charge on any atom is -0.326 e. The van der Waals surface area contributed by atoms with E-state index in [1.165, 1.54) is 9.13 Å². The van der Waals surface area contributed by atoms with Crippen LogP contribution in [-0.4, -0.2) is 19.0 Å². The van der Waals surface area contributed by atoms with Gasteiger partial charge in [-0.05, 0) is 73.5 Å². The fourth-order valence-electron chi connectivity index (χ4n) is 2.20. The molecule has 1 unspecified atom stereocenters. The van der Waals surface area contributed by atoms with Crippen LogP contribution in [0.3, 0.4) is 0 Å². The van der Waals surface area contributed by atoms with E-state index in [0.29, 0.717) is 0 Å². The van der Waals surface area contributed by atoms with E-state index in [4.69, 9.17) is 0 Å². The van der Waals surface area contributed by atoms with Crippen molar-refractivity contribution in [3.63, 3.8) is 0 Å². The lowest BCUT2D eigenvalue weighted by molar-refractivity contribution is -0.125. The first-order chi connectivity index (χ1) is 8.51. The van der Waals surface area contributed by atoms with Crippen molar-refractivity contribution in [3.8, 4) is 0 Å². The van der Waals surface area contributed by atoms with E-state index in [-0.39, 0.29) is 11.3 Å². The number of carbonyl (C=O) groups excluding carboxylic acids is 1. The van der Waals surface area contributed by atoms with E-state index in [9.17, 15) is 4.79 Å². The van der Waals surface area contributed by atoms with Gasteiger partial charge in [0.15, 0.2) is 0 Å². The molecule has 1 atom stereocenters. The number of piperidine rings is 1. The van der Waals surface area contributed by atoms with E-state index < -0.39 is 0 Å². The molecule has 2 rings (SSSR count). The molecule has 1 saturated heterocycles. The summed E-state index contributed by atoms with van der Waals surface area (Å²) in [5.74, 6) is 0.120. The maximum Gasteiger partial charge on any atom is 0.231 e. The standard InChI is InChI=1S/C14H19IN2O/c1-10-4-5-11(8-12(10)15)17-13(18)14(2)6-3-7-16-9-14/h4-5,8,16H,3,6-7,9H2,1-2H3,(H,17,18). The molecule has 0 saturated carbocycles. The third-order valence-corrected chi connectivity index (χ3v) is 4.74. The summed E-state index contributed by atoms with van der Waals surface area (Å²) in [7, 11) is 0. The van der Waals surface area contributed by atoms with E-state index in [1.54, 1.807) is 0 Å². The molecule has 0 aliphatic carbocycles. The highest BCUT2D eigenvalue weighted by Gasteiger charge is 2.34. The fraction of sp³-hybridized carbons (Fsp3) is 0.500. The zero-order valence-corrected chi connectivity index (χ0v) is 13.0. The van der Waals surface area contributed by atoms with Crippen LogP contribution in [-0.2, 0) is 4.79 Å². The van der Waals surface area contributed by atoms with Crippen molar-refractivity contribution in [2.45, 2.75) is 26.7 Å². The van der Waals surface area contributed by atoms with Crippen LogP contribution in [0.2, 0.25) is 0 Å². The lowest BCUT2D eigenvalue weighted by atomic mass is 9.82. The van der Waals surface area contributed by atoms with Crippen LogP contribution in [0.5, 0.6) is 0 Å². The number of hydrogen-bond acceptors (Lipinski definition) is 2. The van der Waals surface area contributed by atoms with Gasteiger partial charge in [0, 0.05) is 15.8 Å². The van der Waals surface area contributed by atoms with Crippen LogP contribution >= 0.6 is 22.6 Å². The van der Waals surface area contributed by atoms with Gasteiger partial charge in [0.1, 0.15) is 0 Å². The monoisotopic (exact) mass is 358 g/mol. The minimum atomic E-state index is -0.283. The Labute approximate surface area is 122 Å². The molecule has 4 heteroatoms. The Morgan fingerprint density at radius 1 is 1.50 bits per heavy atom. The van der Waals surface area contributed by atoms with Gasteiger partial charge < -0.3 is 10.6 Å². The molecule has 98 valence electrons. The summed E-state index contributed by atoms with van der Waals surface area (Å²) in [5, 5.41) is 6.34. The average Bonchev–Trinajstić information content (AvgIpc) is 2.35. The molecule has 0 aromatic heterocycles. The lowest BCUT2D eigenvalue weighted by Gasteiger charge is -2.32. The van der Waals surface area contributed by atoms with Crippen molar-refractivity contribution < 1.29 is 4.79 Å². The topological polar surface area (TPSA) is 41.1 Å². The van der Waals surface area contributed by atoms with Crippen molar-refractivity contribution in [1.82, 2.24) is 5.32 Å². The number of rotatable bonds is 2. The van der Waals surface area contributed by atoms with Crippen LogP contribution in [0, 0.1) is 15.9 Å². The SMILES string of the molecule is Cc1ccc(NC(=O)C2(C)CCCNC2)cc1I. The molecule has 3 nitrogen and oxygen atoms in total. The van der Waals surface area contributed by atoms with Gasteiger partial charge in [-0.3, -0.25) is 4.79 Å². The Morgan fingerprint density at radius 2 is 2.28 bits per heavy atom. The first kappa shape index (κ1) is 13.8. The molecule has 18 heavy (non-hydrogen) atoms. The molecule has 1 amide bonds. The van der Waals surface area contributed by atoms with Crippen molar-refractivity contribution in [1.29, 1.82) is 0 Å². The van der Waals surface area contributed by atoms with E-state index >= 15 is 0 Å². The zero-order valence-electron chi connectivity index (χ0n) is 10.8. The lowest BCUT2D eigenvalue weighted by Crippen LogP contribution is -2.46. The summed E-state index contributed by atoms with van der Waals surface area (Å²) < 4.78 is 1.18. The Hall–Kier alpha value is -0.620. The molecule has 1 aromatic rings. The molecule has 1 fully saturated rings. The number of halogens is 1. The minimum absolute atomic E-state index is 0.120. The Kier molecular flexibility index (Phi) is 4.27. The summed E-state index contributed by atoms with van der Waals surface area (Å²) in [6, 6.07) is 6.03. The number of carbonyl (C=O) groups is 1. The highest BCUT2D eigenvalue weighted by Crippen LogP contribution is 2.27. The summed E-state index contributed by atoms with van der Waals surface area (Å²) in [6.45, 7) is 5.89. The van der Waals surface area contributed by atoms with E-state index in [0.717, 1.165) is 31.6 Å². The molecule has 0 bridgehead atoms. The molecular formula is C14H19IN2O. The molecular weight excluding hydrogens is 339 g/mol. The quantitative estimate of drug-likeness (QED) is 0.799. The average molecular weight is 358 g/mol. The molecule has 2 N–H and O–H groups in total. The van der Waals surface area contributed by atoms with Gasteiger partial charge >= 0.3 is 0 Å². The molecule has 1 aliphatic heterocycles. The summed E-state index contributed by atoms with van der Waals surface area (Å²) in [5.41, 5.74) is 1.84. The third kappa shape index (κ3) is 3.03. The largest absolute Gasteiger partial charge is 0.326 e. The molecule has 1 aliphatic rings. The van der Waals surface area contributed by atoms with Crippen LogP contribution < -0.4 is 10.6 Å². The van der Waals surface area contributed by atoms with Crippen molar-refractivity contribution >= 4 is 34.2 Å². The number of benzene rings is 1. The smallest absolute Gasteiger partial charge is 0.231 e. The van der Waals surface area contributed by atoms with E-state index in [2.05, 4.69) is 40.1 Å². The van der Waals surface area contributed by atoms with Crippen LogP contribution in [0.4, 0.5) is 5.69 Å². The predicted molar refractivity (Wildman–Crippen MR) is 82.7 cm³/mol. The van der Waals surface area contributed by atoms with Gasteiger partial charge in [-0.25, -0.2) is 0 Å². The van der Waals surface area contributed by atoms with Crippen molar-refractivity contribution in [3.05, 3.63) is 27.3 Å². The van der Waals surface area contributed by atoms with Gasteiger partial charge in [0.05, 0.1) is 5.41 Å². The maximum atomic E-state index is 12.3. The van der Waals surface area contributed by atoms with Gasteiger partial charge in [0.2, 0.25) is 5.91 Å². The number of amides is 1. The van der Waals surface area contributed by atoms with Gasteiger partial charge in [0.25, 0.3) is 0 Å². The maximum absolute atomic E-state index is 12.3. The summed E-state index contributed by atoms with van der Waals surface area (Å²) in [4.78, 5) is 12.3. The van der Waals surface area contributed by atoms with Gasteiger partial charge in [-0.2, -0.15) is 0 Å². The number of aryl methyl sites for hydroxylation is 1. The molecule has 0 spiro atoms. The normalized spacial score (nSPS) is 23.7. The Morgan fingerprint density at radius 3 is 2.89 bits per heavy atom. The van der Waals surface area contributed by atoms with Gasteiger partial charge in [-0.1, -0.05) is 6.07 Å². The van der Waals surface area contributed by atoms with Crippen LogP contribution in [0.25, 0.3) is 0 Å². The first-order valence-electron chi connectivity index (χ1n) is 6.30. The third-order valence-electron chi connectivity index (χ3n) is 3.58. The molecule has 1 aromatic carbocycles. The molecule has 1 heterocycles. The second kappa shape index (κ2) is 5.57. The zero-order chi connectivity index (χ0) is 13.2. The number of hydrogen-bond donors (Lipinski definition) is 2. The summed E-state index contributed by atoms with van der Waals surface area (Å²) >= 11 is 2.29. The van der Waals surface area contributed by atoms with Gasteiger partial charge in [-0.15, -0.1) is 0 Å². The van der Waals surface area contributed by atoms with Crippen LogP contribution in [0.1, 0.15) is 25.3 Å². The Balaban J connectivity index is 2.08. The van der Waals surface area contributed by atoms with Crippen molar-refractivity contribution in [2.75, 3.05) is 18.4 Å². The fourth-order valence-corrected chi connectivity index (χ4v) is 2.72. The van der Waals surface area contributed by atoms with Crippen LogP contribution in [0.15, 0.2) is 18.2 Å². The Bertz CT molecular complexity index is 453. The number of nitrogens with one attached hydrogen (secondary N) is 2. The predicted octanol–water partition coefficient (Wildman–Crippen LogP) is 2.93. The highest BCUT2D eigenvalue weighted by atomic mass is 127. The second-order valence-corrected chi connectivity index (χ2v) is 6.42. The highest BCUT2D eigenvalue weighted by molar-refractivity contribution is 14.1. The van der Waals surface area contributed by atoms with Crippen molar-refractivity contribution in [2.24, 2.45) is 5.41 Å². The molecule has 0 radical (unpaired) electrons.